The van der Waals surface area contributed by atoms with Crippen molar-refractivity contribution in [1.82, 2.24) is 0 Å². The van der Waals surface area contributed by atoms with Crippen molar-refractivity contribution in [3.05, 3.63) is 30.1 Å². The zero-order valence-corrected chi connectivity index (χ0v) is 17.2. The Balaban J connectivity index is 0.00000529. The first-order chi connectivity index (χ1) is 11.2. The van der Waals surface area contributed by atoms with Crippen molar-refractivity contribution in [1.29, 1.82) is 0 Å². The van der Waals surface area contributed by atoms with Gasteiger partial charge in [-0.25, -0.2) is 0 Å². The van der Waals surface area contributed by atoms with E-state index >= 15 is 0 Å². The number of rotatable bonds is 14. The van der Waals surface area contributed by atoms with Gasteiger partial charge in [0.2, 0.25) is 0 Å². The highest BCUT2D eigenvalue weighted by molar-refractivity contribution is 5.92. The number of carbonyl (C=O) groups excluding carboxylic acids is 1. The van der Waals surface area contributed by atoms with Crippen LogP contribution in [-0.4, -0.2) is 12.5 Å². The van der Waals surface area contributed by atoms with Gasteiger partial charge in [0.1, 0.15) is 5.56 Å². The first kappa shape index (κ1) is 23.3. The van der Waals surface area contributed by atoms with Gasteiger partial charge in [0, 0.05) is 6.07 Å². The minimum Gasteiger partial charge on any atom is -1.00 e. The number of carbonyl (C=O) groups is 1. The number of unbranched alkanes of at least 4 members (excludes halogenated alkanes) is 9. The highest BCUT2D eigenvalue weighted by atomic mass is 127. The normalized spacial score (nSPS) is 10.4. The smallest absolute Gasteiger partial charge is 0.254 e. The molecule has 0 spiro atoms. The van der Waals surface area contributed by atoms with Crippen LogP contribution in [-0.2, 0) is 11.5 Å². The highest BCUT2D eigenvalue weighted by Gasteiger charge is 2.06. The molecule has 5 heteroatoms. The second-order valence-electron chi connectivity index (χ2n) is 6.19. The second kappa shape index (κ2) is 15.8. The van der Waals surface area contributed by atoms with Crippen molar-refractivity contribution >= 4 is 5.91 Å². The number of amides is 1. The van der Waals surface area contributed by atoms with E-state index < -0.39 is 5.91 Å². The van der Waals surface area contributed by atoms with Crippen molar-refractivity contribution < 1.29 is 38.1 Å². The van der Waals surface area contributed by atoms with Crippen LogP contribution in [0, 0.1) is 0 Å². The van der Waals surface area contributed by atoms with Gasteiger partial charge in [-0.3, -0.25) is 4.79 Å². The molecule has 0 aliphatic rings. The molecular formula is C19H33IN2O2. The van der Waals surface area contributed by atoms with Crippen LogP contribution in [0.25, 0.3) is 0 Å². The number of nitrogens with two attached hydrogens (primary N) is 1. The maximum Gasteiger partial charge on any atom is 0.254 e. The molecule has 0 radical (unpaired) electrons. The van der Waals surface area contributed by atoms with Crippen LogP contribution in [0.1, 0.15) is 81.5 Å². The summed E-state index contributed by atoms with van der Waals surface area (Å²) in [5.41, 5.74) is 5.77. The second-order valence-corrected chi connectivity index (χ2v) is 6.19. The summed E-state index contributed by atoms with van der Waals surface area (Å²) in [4.78, 5) is 11.1. The third-order valence-corrected chi connectivity index (χ3v) is 4.03. The number of halogens is 1. The number of aromatic nitrogens is 1. The molecule has 0 unspecified atom stereocenters. The molecule has 1 rings (SSSR count). The fraction of sp³-hybridized carbons (Fsp3) is 0.684. The molecule has 1 aromatic rings. The summed E-state index contributed by atoms with van der Waals surface area (Å²) in [5, 5.41) is 0. The maximum atomic E-state index is 11.1. The Labute approximate surface area is 164 Å². The Morgan fingerprint density at radius 3 is 2.21 bits per heavy atom. The van der Waals surface area contributed by atoms with Gasteiger partial charge in [-0.05, 0) is 12.5 Å². The van der Waals surface area contributed by atoms with Gasteiger partial charge in [-0.15, -0.1) is 0 Å². The lowest BCUT2D eigenvalue weighted by Crippen LogP contribution is -3.00. The Morgan fingerprint density at radius 1 is 1.04 bits per heavy atom. The Bertz CT molecular complexity index is 441. The predicted octanol–water partition coefficient (Wildman–Crippen LogP) is 0.972. The Hall–Kier alpha value is -0.690. The molecule has 138 valence electrons. The summed E-state index contributed by atoms with van der Waals surface area (Å²) < 4.78 is 7.48. The minimum absolute atomic E-state index is 0. The number of hydrogen-bond acceptors (Lipinski definition) is 2. The van der Waals surface area contributed by atoms with Gasteiger partial charge < -0.3 is 34.4 Å². The van der Waals surface area contributed by atoms with Crippen LogP contribution >= 0.6 is 0 Å². The largest absolute Gasteiger partial charge is 1.00 e. The minimum atomic E-state index is -0.408. The summed E-state index contributed by atoms with van der Waals surface area (Å²) in [7, 11) is 0. The Morgan fingerprint density at radius 2 is 1.62 bits per heavy atom. The highest BCUT2D eigenvalue weighted by Crippen LogP contribution is 2.10. The van der Waals surface area contributed by atoms with Crippen LogP contribution in [0.3, 0.4) is 0 Å². The van der Waals surface area contributed by atoms with E-state index in [-0.39, 0.29) is 24.0 Å². The van der Waals surface area contributed by atoms with Crippen molar-refractivity contribution in [3.63, 3.8) is 0 Å². The third kappa shape index (κ3) is 11.8. The molecule has 0 saturated heterocycles. The van der Waals surface area contributed by atoms with Crippen molar-refractivity contribution in [2.45, 2.75) is 77.9 Å². The molecular weight excluding hydrogens is 415 g/mol. The molecule has 0 saturated carbocycles. The van der Waals surface area contributed by atoms with E-state index in [1.807, 2.05) is 16.8 Å². The van der Waals surface area contributed by atoms with Gasteiger partial charge >= 0.3 is 0 Å². The molecule has 0 bridgehead atoms. The molecule has 24 heavy (non-hydrogen) atoms. The van der Waals surface area contributed by atoms with Crippen LogP contribution in [0.5, 0.6) is 0 Å². The Kier molecular flexibility index (Phi) is 15.4. The fourth-order valence-corrected chi connectivity index (χ4v) is 2.61. The van der Waals surface area contributed by atoms with E-state index in [9.17, 15) is 4.79 Å². The standard InChI is InChI=1S/C19H32N2O2.HI/c1-2-3-4-5-6-7-8-9-10-11-15-23-17-21-14-12-13-18(16-21)19(20)22;/h12-14,16H,2-11,15,17H2,1H3,(H-,20,22);1H. The van der Waals surface area contributed by atoms with Crippen molar-refractivity contribution in [2.24, 2.45) is 5.73 Å². The van der Waals surface area contributed by atoms with E-state index in [0.29, 0.717) is 12.3 Å². The van der Waals surface area contributed by atoms with Crippen LogP contribution in [0.4, 0.5) is 0 Å². The topological polar surface area (TPSA) is 56.2 Å². The number of nitrogens with zero attached hydrogens (tertiary/aromatic N) is 1. The van der Waals surface area contributed by atoms with E-state index in [2.05, 4.69) is 6.92 Å². The number of primary amides is 1. The molecule has 0 aliphatic heterocycles. The van der Waals surface area contributed by atoms with Gasteiger partial charge in [0.25, 0.3) is 12.6 Å². The van der Waals surface area contributed by atoms with Gasteiger partial charge in [-0.1, -0.05) is 64.7 Å². The molecule has 1 amide bonds. The van der Waals surface area contributed by atoms with Crippen LogP contribution < -0.4 is 34.3 Å². The average molecular weight is 448 g/mol. The fourth-order valence-electron chi connectivity index (χ4n) is 2.61. The summed E-state index contributed by atoms with van der Waals surface area (Å²) in [5.74, 6) is -0.408. The lowest BCUT2D eigenvalue weighted by molar-refractivity contribution is -0.732. The lowest BCUT2D eigenvalue weighted by Gasteiger charge is -2.03. The number of hydrogen-bond donors (Lipinski definition) is 1. The van der Waals surface area contributed by atoms with Gasteiger partial charge in [0.05, 0.1) is 6.61 Å². The molecule has 0 atom stereocenters. The number of ether oxygens (including phenoxy) is 1. The molecule has 0 aromatic carbocycles. The summed E-state index contributed by atoms with van der Waals surface area (Å²) in [6.07, 6.45) is 16.9. The SMILES string of the molecule is CCCCCCCCCCCCOC[n+]1cccc(C(N)=O)c1.[I-]. The molecule has 0 fully saturated rings. The first-order valence-corrected chi connectivity index (χ1v) is 9.10. The van der Waals surface area contributed by atoms with Crippen molar-refractivity contribution in [2.75, 3.05) is 6.61 Å². The monoisotopic (exact) mass is 448 g/mol. The van der Waals surface area contributed by atoms with E-state index in [0.717, 1.165) is 13.0 Å². The summed E-state index contributed by atoms with van der Waals surface area (Å²) in [6.45, 7) is 3.50. The molecule has 0 aliphatic carbocycles. The van der Waals surface area contributed by atoms with Crippen LogP contribution in [0.15, 0.2) is 24.5 Å². The third-order valence-electron chi connectivity index (χ3n) is 4.03. The maximum absolute atomic E-state index is 11.1. The average Bonchev–Trinajstić information content (AvgIpc) is 2.56. The quantitative estimate of drug-likeness (QED) is 0.262. The molecule has 1 heterocycles. The van der Waals surface area contributed by atoms with Crippen molar-refractivity contribution in [3.8, 4) is 0 Å². The molecule has 2 N–H and O–H groups in total. The number of pyridine rings is 1. The lowest BCUT2D eigenvalue weighted by atomic mass is 10.1. The summed E-state index contributed by atoms with van der Waals surface area (Å²) >= 11 is 0. The van der Waals surface area contributed by atoms with E-state index in [1.165, 1.54) is 57.8 Å². The van der Waals surface area contributed by atoms with E-state index in [1.54, 1.807) is 12.3 Å². The zero-order valence-electron chi connectivity index (χ0n) is 15.0. The predicted molar refractivity (Wildman–Crippen MR) is 93.0 cm³/mol. The molecule has 1 aromatic heterocycles. The summed E-state index contributed by atoms with van der Waals surface area (Å²) in [6, 6.07) is 3.52. The van der Waals surface area contributed by atoms with Crippen LogP contribution in [0.2, 0.25) is 0 Å². The van der Waals surface area contributed by atoms with Gasteiger partial charge in [0.15, 0.2) is 12.4 Å². The van der Waals surface area contributed by atoms with Gasteiger partial charge in [-0.2, -0.15) is 4.57 Å². The molecule has 4 nitrogen and oxygen atoms in total. The van der Waals surface area contributed by atoms with E-state index in [4.69, 9.17) is 10.5 Å². The first-order valence-electron chi connectivity index (χ1n) is 9.10. The zero-order chi connectivity index (χ0) is 16.8.